The van der Waals surface area contributed by atoms with Gasteiger partial charge in [-0.2, -0.15) is 0 Å². The first kappa shape index (κ1) is 30.2. The van der Waals surface area contributed by atoms with E-state index < -0.39 is 98.6 Å². The Morgan fingerprint density at radius 2 is 1.46 bits per heavy atom. The van der Waals surface area contributed by atoms with Crippen LogP contribution in [-0.2, 0) is 25.4 Å². The lowest BCUT2D eigenvalue weighted by Gasteiger charge is -2.45. The Labute approximate surface area is 232 Å². The number of aliphatic hydroxyl groups is 8. The first-order valence-corrected chi connectivity index (χ1v) is 13.1. The average Bonchev–Trinajstić information content (AvgIpc) is 3.38. The molecule has 12 unspecified atom stereocenters. The Bertz CT molecular complexity index is 1270. The number of hydrogen-bond acceptors (Lipinski definition) is 15. The molecule has 1 aromatic carbocycles. The van der Waals surface area contributed by atoms with E-state index in [-0.39, 0.29) is 12.0 Å². The highest BCUT2D eigenvalue weighted by atomic mass is 16.7. The monoisotopic (exact) mass is 586 g/mol. The van der Waals surface area contributed by atoms with E-state index in [0.29, 0.717) is 16.7 Å². The zero-order valence-electron chi connectivity index (χ0n) is 21.9. The van der Waals surface area contributed by atoms with Gasteiger partial charge in [0.05, 0.1) is 19.8 Å². The van der Waals surface area contributed by atoms with E-state index in [2.05, 4.69) is 0 Å². The predicted octanol–water partition coefficient (Wildman–Crippen LogP) is -3.51. The number of rotatable bonds is 8. The summed E-state index contributed by atoms with van der Waals surface area (Å²) in [7, 11) is 0. The summed E-state index contributed by atoms with van der Waals surface area (Å²) in [6.45, 7) is -0.285. The first-order valence-electron chi connectivity index (χ1n) is 13.1. The third-order valence-electron chi connectivity index (χ3n) is 7.77. The van der Waals surface area contributed by atoms with Gasteiger partial charge in [0.2, 0.25) is 0 Å². The quantitative estimate of drug-likeness (QED) is 0.140. The zero-order valence-corrected chi connectivity index (χ0v) is 21.9. The van der Waals surface area contributed by atoms with Crippen LogP contribution in [0, 0.1) is 0 Å². The number of fused-ring (bicyclic) bond motifs is 2. The Balaban J connectivity index is 1.42. The molecule has 15 heteroatoms. The second-order valence-electron chi connectivity index (χ2n) is 10.7. The molecule has 0 amide bonds. The van der Waals surface area contributed by atoms with Crippen LogP contribution in [0.15, 0.2) is 33.5 Å². The van der Waals surface area contributed by atoms with Crippen molar-refractivity contribution in [1.29, 1.82) is 0 Å². The lowest BCUT2D eigenvalue weighted by molar-refractivity contribution is -0.350. The molecule has 228 valence electrons. The van der Waals surface area contributed by atoms with Gasteiger partial charge in [-0.25, -0.2) is 4.79 Å². The highest BCUT2D eigenvalue weighted by Gasteiger charge is 2.51. The molecule has 5 rings (SSSR count). The van der Waals surface area contributed by atoms with E-state index in [1.165, 1.54) is 13.0 Å². The lowest BCUT2D eigenvalue weighted by Crippen LogP contribution is -2.63. The molecule has 2 saturated heterocycles. The third-order valence-corrected chi connectivity index (χ3v) is 7.77. The third kappa shape index (κ3) is 5.73. The Morgan fingerprint density at radius 1 is 0.854 bits per heavy atom. The van der Waals surface area contributed by atoms with Crippen LogP contribution in [0.4, 0.5) is 0 Å². The highest BCUT2D eigenvalue weighted by Crippen LogP contribution is 2.39. The van der Waals surface area contributed by atoms with Gasteiger partial charge in [0.1, 0.15) is 71.9 Å². The zero-order chi connectivity index (χ0) is 29.6. The van der Waals surface area contributed by atoms with Gasteiger partial charge in [-0.3, -0.25) is 0 Å². The summed E-state index contributed by atoms with van der Waals surface area (Å²) in [6, 6.07) is 6.18. The second-order valence-corrected chi connectivity index (χ2v) is 10.7. The van der Waals surface area contributed by atoms with Crippen molar-refractivity contribution in [2.45, 2.75) is 86.5 Å². The minimum atomic E-state index is -1.75. The van der Waals surface area contributed by atoms with Gasteiger partial charge in [-0.05, 0) is 24.6 Å². The summed E-state index contributed by atoms with van der Waals surface area (Å²) in [5, 5.41) is 81.5. The van der Waals surface area contributed by atoms with Gasteiger partial charge >= 0.3 is 5.63 Å². The Hall–Kier alpha value is -2.25. The number of ether oxygens (including phenoxy) is 5. The van der Waals surface area contributed by atoms with Crippen LogP contribution in [0.3, 0.4) is 0 Å². The van der Waals surface area contributed by atoms with Crippen LogP contribution in [0.25, 0.3) is 11.0 Å². The molecule has 0 spiro atoms. The molecule has 0 bridgehead atoms. The highest BCUT2D eigenvalue weighted by molar-refractivity contribution is 5.79. The fraction of sp³-hybridized carbons (Fsp3) is 0.654. The lowest BCUT2D eigenvalue weighted by atomic mass is 9.93. The summed E-state index contributed by atoms with van der Waals surface area (Å²) in [5.41, 5.74) is -1.12. The molecular formula is C26H34O15. The molecule has 3 aliphatic heterocycles. The van der Waals surface area contributed by atoms with Crippen molar-refractivity contribution in [1.82, 2.24) is 0 Å². The largest absolute Gasteiger partial charge is 0.487 e. The van der Waals surface area contributed by atoms with Crippen LogP contribution in [-0.4, -0.2) is 134 Å². The van der Waals surface area contributed by atoms with Crippen molar-refractivity contribution < 1.29 is 69.0 Å². The van der Waals surface area contributed by atoms with Gasteiger partial charge in [-0.15, -0.1) is 0 Å². The molecule has 2 fully saturated rings. The van der Waals surface area contributed by atoms with E-state index in [1.54, 1.807) is 18.2 Å². The number of hydrogen-bond donors (Lipinski definition) is 8. The van der Waals surface area contributed by atoms with Crippen molar-refractivity contribution in [3.05, 3.63) is 40.2 Å². The molecule has 4 heterocycles. The summed E-state index contributed by atoms with van der Waals surface area (Å²) in [6.07, 6.45) is -16.4. The molecule has 0 aliphatic carbocycles. The molecule has 1 aromatic heterocycles. The van der Waals surface area contributed by atoms with Gasteiger partial charge in [0, 0.05) is 23.9 Å². The Morgan fingerprint density at radius 3 is 2.10 bits per heavy atom. The molecule has 0 saturated carbocycles. The fourth-order valence-electron chi connectivity index (χ4n) is 5.23. The minimum Gasteiger partial charge on any atom is -0.487 e. The van der Waals surface area contributed by atoms with Crippen molar-refractivity contribution >= 4 is 11.0 Å². The molecule has 3 aliphatic rings. The predicted molar refractivity (Wildman–Crippen MR) is 134 cm³/mol. The summed E-state index contributed by atoms with van der Waals surface area (Å²) in [4.78, 5) is 11.7. The van der Waals surface area contributed by atoms with Crippen LogP contribution in [0.2, 0.25) is 0 Å². The molecule has 0 radical (unpaired) electrons. The van der Waals surface area contributed by atoms with Crippen molar-refractivity contribution in [3.63, 3.8) is 0 Å². The molecule has 2 aromatic rings. The van der Waals surface area contributed by atoms with E-state index >= 15 is 0 Å². The van der Waals surface area contributed by atoms with E-state index in [0.717, 1.165) is 0 Å². The molecule has 15 nitrogen and oxygen atoms in total. The second kappa shape index (κ2) is 11.8. The maximum atomic E-state index is 11.7. The van der Waals surface area contributed by atoms with E-state index in [9.17, 15) is 45.6 Å². The first-order chi connectivity index (χ1) is 19.4. The minimum absolute atomic E-state index is 0.219. The van der Waals surface area contributed by atoms with Crippen molar-refractivity contribution in [2.24, 2.45) is 0 Å². The smallest absolute Gasteiger partial charge is 0.336 e. The topological polar surface area (TPSA) is 238 Å². The van der Waals surface area contributed by atoms with Gasteiger partial charge in [0.25, 0.3) is 0 Å². The van der Waals surface area contributed by atoms with Crippen LogP contribution in [0.1, 0.15) is 12.5 Å². The summed E-state index contributed by atoms with van der Waals surface area (Å²) < 4.78 is 34.3. The number of benzene rings is 1. The SMILES string of the molecule is CC(COC1OC(CO)C(O)C(O)C1O)(OC1OC(CO)C(O)C(O)C1O)C1Cc2cc3ccc(=O)oc3cc2O1. The van der Waals surface area contributed by atoms with Crippen LogP contribution >= 0.6 is 0 Å². The van der Waals surface area contributed by atoms with Crippen molar-refractivity contribution in [2.75, 3.05) is 19.8 Å². The standard InChI is InChI=1S/C26H34O15/c1-26(41-25-23(35)21(33)19(31)15(8-28)40-25,9-36-24-22(34)20(32)18(30)14(7-27)39-24)16-5-11-4-10-2-3-17(29)38-12(10)6-13(11)37-16/h2-4,6,14-16,18-25,27-28,30-35H,5,7-9H2,1H3. The molecular weight excluding hydrogens is 552 g/mol. The van der Waals surface area contributed by atoms with Crippen LogP contribution in [0.5, 0.6) is 5.75 Å². The normalized spacial score (nSPS) is 38.8. The average molecular weight is 587 g/mol. The summed E-state index contributed by atoms with van der Waals surface area (Å²) in [5.74, 6) is 0.369. The molecule has 12 atom stereocenters. The Kier molecular flexibility index (Phi) is 8.69. The van der Waals surface area contributed by atoms with Crippen molar-refractivity contribution in [3.8, 4) is 5.75 Å². The van der Waals surface area contributed by atoms with Gasteiger partial charge < -0.3 is 69.0 Å². The fourth-order valence-corrected chi connectivity index (χ4v) is 5.23. The van der Waals surface area contributed by atoms with Gasteiger partial charge in [-0.1, -0.05) is 0 Å². The van der Waals surface area contributed by atoms with Gasteiger partial charge in [0.15, 0.2) is 12.6 Å². The molecule has 41 heavy (non-hydrogen) atoms. The van der Waals surface area contributed by atoms with Crippen LogP contribution < -0.4 is 10.4 Å². The van der Waals surface area contributed by atoms with E-state index in [4.69, 9.17) is 28.1 Å². The van der Waals surface area contributed by atoms with E-state index in [1.807, 2.05) is 0 Å². The number of aliphatic hydroxyl groups excluding tert-OH is 8. The summed E-state index contributed by atoms with van der Waals surface area (Å²) >= 11 is 0. The molecule has 8 N–H and O–H groups in total. The maximum absolute atomic E-state index is 11.7. The maximum Gasteiger partial charge on any atom is 0.336 e.